The first-order valence-electron chi connectivity index (χ1n) is 4.73. The fraction of sp³-hybridized carbons (Fsp3) is 0.800. The second-order valence-corrected chi connectivity index (χ2v) is 3.88. The molecule has 0 spiro atoms. The second-order valence-electron chi connectivity index (χ2n) is 3.88. The van der Waals surface area contributed by atoms with E-state index in [4.69, 9.17) is 14.7 Å². The summed E-state index contributed by atoms with van der Waals surface area (Å²) in [6.07, 6.45) is 1.95. The van der Waals surface area contributed by atoms with Crippen molar-refractivity contribution in [2.75, 3.05) is 0 Å². The smallest absolute Gasteiger partial charge is 0.163 e. The lowest BCUT2D eigenvalue weighted by Crippen LogP contribution is -2.44. The van der Waals surface area contributed by atoms with Crippen molar-refractivity contribution in [2.24, 2.45) is 0 Å². The monoisotopic (exact) mass is 197 g/mol. The molecule has 1 aliphatic rings. The van der Waals surface area contributed by atoms with Crippen LogP contribution >= 0.6 is 0 Å². The van der Waals surface area contributed by atoms with Crippen LogP contribution in [0.1, 0.15) is 33.1 Å². The molecule has 4 heteroatoms. The Morgan fingerprint density at radius 1 is 1.50 bits per heavy atom. The number of carbonyl (C=O) groups excluding carboxylic acids is 1. The summed E-state index contributed by atoms with van der Waals surface area (Å²) in [6, 6.07) is 2.07. The van der Waals surface area contributed by atoms with Gasteiger partial charge in [-0.3, -0.25) is 0 Å². The van der Waals surface area contributed by atoms with Crippen molar-refractivity contribution in [2.45, 2.75) is 51.1 Å². The zero-order valence-corrected chi connectivity index (χ0v) is 8.53. The summed E-state index contributed by atoms with van der Waals surface area (Å²) in [4.78, 5) is 10.4. The normalized spacial score (nSPS) is 30.6. The highest BCUT2D eigenvalue weighted by molar-refractivity contribution is 5.50. The maximum atomic E-state index is 10.4. The van der Waals surface area contributed by atoms with Gasteiger partial charge in [-0.1, -0.05) is 0 Å². The fourth-order valence-electron chi connectivity index (χ4n) is 1.70. The molecule has 1 rings (SSSR count). The Balaban J connectivity index is 2.57. The average Bonchev–Trinajstić information content (AvgIpc) is 2.01. The van der Waals surface area contributed by atoms with Gasteiger partial charge in [-0.05, 0) is 13.8 Å². The van der Waals surface area contributed by atoms with Gasteiger partial charge in [-0.15, -0.1) is 0 Å². The molecule has 1 heterocycles. The molecule has 4 nitrogen and oxygen atoms in total. The number of nitrogens with zero attached hydrogens (tertiary/aromatic N) is 1. The number of hydrogen-bond acceptors (Lipinski definition) is 4. The summed E-state index contributed by atoms with van der Waals surface area (Å²) in [7, 11) is 0. The minimum atomic E-state index is -0.687. The van der Waals surface area contributed by atoms with Crippen LogP contribution in [0.15, 0.2) is 0 Å². The van der Waals surface area contributed by atoms with Gasteiger partial charge in [0.05, 0.1) is 24.7 Å². The number of nitriles is 1. The number of rotatable bonds is 3. The van der Waals surface area contributed by atoms with E-state index in [0.29, 0.717) is 19.3 Å². The van der Waals surface area contributed by atoms with E-state index >= 15 is 0 Å². The molecule has 0 unspecified atom stereocenters. The van der Waals surface area contributed by atoms with E-state index in [2.05, 4.69) is 6.07 Å². The lowest BCUT2D eigenvalue weighted by Gasteiger charge is -2.39. The predicted molar refractivity (Wildman–Crippen MR) is 49.4 cm³/mol. The number of carbonyl (C=O) groups is 1. The standard InChI is InChI=1S/C10H15NO3/c1-10(2)13-8(3-5-11)7-9(14-10)4-6-12/h6,8-9H,3-4,7H2,1-2H3/t8-,9+/m0/s1. The zero-order chi connectivity index (χ0) is 10.6. The lowest BCUT2D eigenvalue weighted by atomic mass is 10.0. The van der Waals surface area contributed by atoms with Crippen molar-refractivity contribution in [3.05, 3.63) is 0 Å². The minimum absolute atomic E-state index is 0.116. The van der Waals surface area contributed by atoms with Crippen LogP contribution in [0.2, 0.25) is 0 Å². The van der Waals surface area contributed by atoms with Crippen molar-refractivity contribution < 1.29 is 14.3 Å². The van der Waals surface area contributed by atoms with Crippen LogP contribution < -0.4 is 0 Å². The van der Waals surface area contributed by atoms with Crippen LogP contribution in [0, 0.1) is 11.3 Å². The highest BCUT2D eigenvalue weighted by Gasteiger charge is 2.34. The summed E-state index contributed by atoms with van der Waals surface area (Å²) in [6.45, 7) is 3.60. The van der Waals surface area contributed by atoms with Crippen LogP contribution in [-0.4, -0.2) is 24.3 Å². The molecule has 0 aromatic heterocycles. The fourth-order valence-corrected chi connectivity index (χ4v) is 1.70. The number of ether oxygens (including phenoxy) is 2. The van der Waals surface area contributed by atoms with Gasteiger partial charge in [0.15, 0.2) is 5.79 Å². The van der Waals surface area contributed by atoms with Crippen molar-refractivity contribution in [1.29, 1.82) is 5.26 Å². The molecule has 1 fully saturated rings. The topological polar surface area (TPSA) is 59.3 Å². The summed E-state index contributed by atoms with van der Waals surface area (Å²) in [5.74, 6) is -0.687. The van der Waals surface area contributed by atoms with E-state index in [-0.39, 0.29) is 12.2 Å². The van der Waals surface area contributed by atoms with Gasteiger partial charge in [0.2, 0.25) is 0 Å². The molecular formula is C10H15NO3. The molecular weight excluding hydrogens is 182 g/mol. The van der Waals surface area contributed by atoms with Gasteiger partial charge < -0.3 is 14.3 Å². The molecule has 0 aromatic carbocycles. The number of aldehydes is 1. The highest BCUT2D eigenvalue weighted by atomic mass is 16.7. The lowest BCUT2D eigenvalue weighted by molar-refractivity contribution is -0.297. The van der Waals surface area contributed by atoms with E-state index in [1.165, 1.54) is 0 Å². The quantitative estimate of drug-likeness (QED) is 0.641. The van der Waals surface area contributed by atoms with Crippen molar-refractivity contribution in [1.82, 2.24) is 0 Å². The minimum Gasteiger partial charge on any atom is -0.347 e. The van der Waals surface area contributed by atoms with Crippen LogP contribution in [0.25, 0.3) is 0 Å². The summed E-state index contributed by atoms with van der Waals surface area (Å²) in [5, 5.41) is 8.56. The van der Waals surface area contributed by atoms with Crippen LogP contribution in [0.3, 0.4) is 0 Å². The van der Waals surface area contributed by atoms with Crippen molar-refractivity contribution >= 4 is 6.29 Å². The highest BCUT2D eigenvalue weighted by Crippen LogP contribution is 2.28. The molecule has 0 aliphatic carbocycles. The molecule has 2 atom stereocenters. The molecule has 0 aromatic rings. The Morgan fingerprint density at radius 3 is 2.71 bits per heavy atom. The first-order valence-corrected chi connectivity index (χ1v) is 4.73. The van der Waals surface area contributed by atoms with Gasteiger partial charge in [-0.2, -0.15) is 5.26 Å². The third kappa shape index (κ3) is 3.09. The second kappa shape index (κ2) is 4.54. The average molecular weight is 197 g/mol. The molecule has 0 bridgehead atoms. The van der Waals surface area contributed by atoms with Gasteiger partial charge in [0.25, 0.3) is 0 Å². The Morgan fingerprint density at radius 2 is 2.14 bits per heavy atom. The van der Waals surface area contributed by atoms with Gasteiger partial charge in [0, 0.05) is 12.8 Å². The van der Waals surface area contributed by atoms with E-state index in [0.717, 1.165) is 6.29 Å². The van der Waals surface area contributed by atoms with E-state index in [1.54, 1.807) is 13.8 Å². The predicted octanol–water partition coefficient (Wildman–Crippen LogP) is 1.40. The maximum absolute atomic E-state index is 10.4. The summed E-state index contributed by atoms with van der Waals surface area (Å²) in [5.41, 5.74) is 0. The van der Waals surface area contributed by atoms with E-state index in [1.807, 2.05) is 0 Å². The molecule has 1 aliphatic heterocycles. The molecule has 14 heavy (non-hydrogen) atoms. The Labute approximate surface area is 83.8 Å². The molecule has 0 saturated carbocycles. The van der Waals surface area contributed by atoms with Crippen LogP contribution in [-0.2, 0) is 14.3 Å². The molecule has 0 amide bonds. The Hall–Kier alpha value is -0.920. The molecule has 0 N–H and O–H groups in total. The molecule has 1 saturated heterocycles. The van der Waals surface area contributed by atoms with E-state index in [9.17, 15) is 4.79 Å². The summed E-state index contributed by atoms with van der Waals surface area (Å²) >= 11 is 0. The molecule has 78 valence electrons. The van der Waals surface area contributed by atoms with Gasteiger partial charge in [-0.25, -0.2) is 0 Å². The summed E-state index contributed by atoms with van der Waals surface area (Å²) < 4.78 is 11.1. The zero-order valence-electron chi connectivity index (χ0n) is 8.53. The van der Waals surface area contributed by atoms with Crippen LogP contribution in [0.5, 0.6) is 0 Å². The SMILES string of the molecule is CC1(C)O[C@H](CC=O)C[C@H](CC#N)O1. The van der Waals surface area contributed by atoms with Gasteiger partial charge in [0.1, 0.15) is 6.29 Å². The van der Waals surface area contributed by atoms with Crippen molar-refractivity contribution in [3.63, 3.8) is 0 Å². The first-order chi connectivity index (χ1) is 6.57. The maximum Gasteiger partial charge on any atom is 0.163 e. The largest absolute Gasteiger partial charge is 0.347 e. The molecule has 0 radical (unpaired) electrons. The van der Waals surface area contributed by atoms with Crippen molar-refractivity contribution in [3.8, 4) is 6.07 Å². The van der Waals surface area contributed by atoms with E-state index < -0.39 is 5.79 Å². The third-order valence-corrected chi connectivity index (χ3v) is 2.10. The van der Waals surface area contributed by atoms with Gasteiger partial charge >= 0.3 is 0 Å². The Kier molecular flexibility index (Phi) is 3.62. The first kappa shape index (κ1) is 11.2. The van der Waals surface area contributed by atoms with Crippen LogP contribution in [0.4, 0.5) is 0 Å². The number of hydrogen-bond donors (Lipinski definition) is 0. The third-order valence-electron chi connectivity index (χ3n) is 2.10. The Bertz CT molecular complexity index is 244.